The van der Waals surface area contributed by atoms with E-state index in [9.17, 15) is 9.59 Å². The summed E-state index contributed by atoms with van der Waals surface area (Å²) in [5, 5.41) is 2.78. The number of fused-ring (bicyclic) bond motifs is 1. The molecule has 8 nitrogen and oxygen atoms in total. The van der Waals surface area contributed by atoms with Gasteiger partial charge in [0.05, 0.1) is 12.8 Å². The number of amides is 1. The summed E-state index contributed by atoms with van der Waals surface area (Å²) in [5.74, 6) is 1.51. The van der Waals surface area contributed by atoms with E-state index in [-0.39, 0.29) is 24.7 Å². The van der Waals surface area contributed by atoms with E-state index in [1.54, 1.807) is 61.8 Å². The lowest BCUT2D eigenvalue weighted by atomic mass is 10.3. The first kappa shape index (κ1) is 21.9. The van der Waals surface area contributed by atoms with Crippen LogP contribution in [0.25, 0.3) is 5.65 Å². The maximum atomic E-state index is 12.3. The molecule has 2 heterocycles. The third-order valence-electron chi connectivity index (χ3n) is 4.81. The molecule has 4 aromatic rings. The molecule has 0 aliphatic heterocycles. The number of nitrogens with one attached hydrogen (secondary N) is 1. The maximum Gasteiger partial charge on any atom is 0.262 e. The molecule has 168 valence electrons. The normalized spacial score (nSPS) is 10.6. The first-order valence-corrected chi connectivity index (χ1v) is 10.3. The molecule has 8 heteroatoms. The van der Waals surface area contributed by atoms with E-state index in [4.69, 9.17) is 14.2 Å². The van der Waals surface area contributed by atoms with E-state index in [1.165, 1.54) is 10.5 Å². The molecule has 0 aliphatic carbocycles. The molecule has 0 saturated heterocycles. The molecular weight excluding hydrogens is 422 g/mol. The summed E-state index contributed by atoms with van der Waals surface area (Å²) in [7, 11) is 1.58. The summed E-state index contributed by atoms with van der Waals surface area (Å²) >= 11 is 0. The number of aromatic nitrogens is 2. The Kier molecular flexibility index (Phi) is 6.54. The number of carbonyl (C=O) groups is 1. The molecule has 0 spiro atoms. The Balaban J connectivity index is 1.35. The zero-order chi connectivity index (χ0) is 23.2. The van der Waals surface area contributed by atoms with Crippen molar-refractivity contribution in [1.82, 2.24) is 9.38 Å². The topological polar surface area (TPSA) is 91.2 Å². The van der Waals surface area contributed by atoms with Crippen molar-refractivity contribution in [1.29, 1.82) is 0 Å². The van der Waals surface area contributed by atoms with E-state index in [0.717, 1.165) is 5.56 Å². The van der Waals surface area contributed by atoms with Crippen LogP contribution in [0.1, 0.15) is 11.3 Å². The summed E-state index contributed by atoms with van der Waals surface area (Å²) in [6.07, 6.45) is 1.70. The fourth-order valence-electron chi connectivity index (χ4n) is 3.17. The molecular formula is C25H23N3O5. The van der Waals surface area contributed by atoms with Gasteiger partial charge in [0.25, 0.3) is 11.5 Å². The van der Waals surface area contributed by atoms with Crippen LogP contribution in [0.15, 0.2) is 77.7 Å². The molecule has 2 aromatic carbocycles. The third kappa shape index (κ3) is 5.68. The van der Waals surface area contributed by atoms with Crippen molar-refractivity contribution in [3.63, 3.8) is 0 Å². The standard InChI is InChI=1S/C25H23N3O5/c1-17-10-11-28-23(12-17)26-19(14-25(28)30)15-32-22-5-3-4-18(13-22)27-24(29)16-33-21-8-6-20(31-2)7-9-21/h3-14H,15-16H2,1-2H3,(H,27,29). The molecule has 33 heavy (non-hydrogen) atoms. The van der Waals surface area contributed by atoms with Crippen LogP contribution in [-0.4, -0.2) is 29.0 Å². The van der Waals surface area contributed by atoms with Crippen LogP contribution in [0.3, 0.4) is 0 Å². The van der Waals surface area contributed by atoms with Crippen molar-refractivity contribution in [3.05, 3.63) is 94.5 Å². The quantitative estimate of drug-likeness (QED) is 0.446. The lowest BCUT2D eigenvalue weighted by Gasteiger charge is -2.10. The molecule has 0 saturated carbocycles. The number of carbonyl (C=O) groups excluding carboxylic acids is 1. The SMILES string of the molecule is COc1ccc(OCC(=O)Nc2cccc(OCc3cc(=O)n4ccc(C)cc4n3)c2)cc1. The van der Waals surface area contributed by atoms with Crippen LogP contribution in [-0.2, 0) is 11.4 Å². The highest BCUT2D eigenvalue weighted by Crippen LogP contribution is 2.19. The van der Waals surface area contributed by atoms with Gasteiger partial charge in [0.2, 0.25) is 0 Å². The van der Waals surface area contributed by atoms with Crippen LogP contribution < -0.4 is 25.1 Å². The second-order valence-electron chi connectivity index (χ2n) is 7.35. The number of hydrogen-bond acceptors (Lipinski definition) is 6. The Morgan fingerprint density at radius 3 is 2.55 bits per heavy atom. The summed E-state index contributed by atoms with van der Waals surface area (Å²) in [4.78, 5) is 29.0. The molecule has 0 bridgehead atoms. The second-order valence-corrected chi connectivity index (χ2v) is 7.35. The molecule has 0 radical (unpaired) electrons. The van der Waals surface area contributed by atoms with Crippen LogP contribution in [0.2, 0.25) is 0 Å². The van der Waals surface area contributed by atoms with Gasteiger partial charge < -0.3 is 19.5 Å². The van der Waals surface area contributed by atoms with Gasteiger partial charge in [0.15, 0.2) is 6.61 Å². The molecule has 4 rings (SSSR count). The number of pyridine rings is 1. The van der Waals surface area contributed by atoms with Crippen LogP contribution >= 0.6 is 0 Å². The van der Waals surface area contributed by atoms with E-state index in [0.29, 0.717) is 34.3 Å². The van der Waals surface area contributed by atoms with Gasteiger partial charge in [-0.2, -0.15) is 0 Å². The van der Waals surface area contributed by atoms with Crippen LogP contribution in [0.5, 0.6) is 17.2 Å². The Hall–Kier alpha value is -4.33. The van der Waals surface area contributed by atoms with Gasteiger partial charge in [-0.05, 0) is 61.0 Å². The van der Waals surface area contributed by atoms with E-state index < -0.39 is 0 Å². The number of methoxy groups -OCH3 is 1. The average molecular weight is 445 g/mol. The smallest absolute Gasteiger partial charge is 0.262 e. The van der Waals surface area contributed by atoms with E-state index in [2.05, 4.69) is 10.3 Å². The summed E-state index contributed by atoms with van der Waals surface area (Å²) in [6, 6.07) is 19.1. The van der Waals surface area contributed by atoms with Crippen molar-refractivity contribution in [2.45, 2.75) is 13.5 Å². The van der Waals surface area contributed by atoms with Crippen molar-refractivity contribution < 1.29 is 19.0 Å². The molecule has 0 unspecified atom stereocenters. The first-order valence-electron chi connectivity index (χ1n) is 10.3. The van der Waals surface area contributed by atoms with Gasteiger partial charge in [-0.1, -0.05) is 6.07 Å². The number of ether oxygens (including phenoxy) is 3. The lowest BCUT2D eigenvalue weighted by molar-refractivity contribution is -0.118. The van der Waals surface area contributed by atoms with Gasteiger partial charge in [-0.25, -0.2) is 4.98 Å². The van der Waals surface area contributed by atoms with Gasteiger partial charge in [-0.15, -0.1) is 0 Å². The van der Waals surface area contributed by atoms with Crippen molar-refractivity contribution in [2.75, 3.05) is 19.0 Å². The number of rotatable bonds is 8. The predicted octanol–water partition coefficient (Wildman–Crippen LogP) is 3.61. The highest BCUT2D eigenvalue weighted by atomic mass is 16.5. The van der Waals surface area contributed by atoms with Crippen molar-refractivity contribution >= 4 is 17.2 Å². The number of hydrogen-bond donors (Lipinski definition) is 1. The summed E-state index contributed by atoms with van der Waals surface area (Å²) in [6.45, 7) is 1.93. The monoisotopic (exact) mass is 445 g/mol. The number of aryl methyl sites for hydroxylation is 1. The highest BCUT2D eigenvalue weighted by Gasteiger charge is 2.07. The minimum absolute atomic E-state index is 0.123. The van der Waals surface area contributed by atoms with Gasteiger partial charge >= 0.3 is 0 Å². The molecule has 1 amide bonds. The number of nitrogens with zero attached hydrogens (tertiary/aromatic N) is 2. The van der Waals surface area contributed by atoms with Gasteiger partial charge in [0.1, 0.15) is 29.5 Å². The zero-order valence-electron chi connectivity index (χ0n) is 18.3. The first-order chi connectivity index (χ1) is 16.0. The van der Waals surface area contributed by atoms with Crippen molar-refractivity contribution in [2.24, 2.45) is 0 Å². The number of benzene rings is 2. The maximum absolute atomic E-state index is 12.3. The Morgan fingerprint density at radius 2 is 1.76 bits per heavy atom. The summed E-state index contributed by atoms with van der Waals surface area (Å²) in [5.41, 5.74) is 2.50. The van der Waals surface area contributed by atoms with Gasteiger partial charge in [0, 0.05) is 24.0 Å². The predicted molar refractivity (Wildman–Crippen MR) is 124 cm³/mol. The second kappa shape index (κ2) is 9.86. The zero-order valence-corrected chi connectivity index (χ0v) is 18.3. The molecule has 1 N–H and O–H groups in total. The van der Waals surface area contributed by atoms with Gasteiger partial charge in [-0.3, -0.25) is 14.0 Å². The van der Waals surface area contributed by atoms with Crippen molar-refractivity contribution in [3.8, 4) is 17.2 Å². The third-order valence-corrected chi connectivity index (χ3v) is 4.81. The Bertz CT molecular complexity index is 1330. The fraction of sp³-hybridized carbons (Fsp3) is 0.160. The Labute approximate surface area is 190 Å². The summed E-state index contributed by atoms with van der Waals surface area (Å²) < 4.78 is 17.9. The minimum Gasteiger partial charge on any atom is -0.497 e. The number of anilines is 1. The van der Waals surface area contributed by atoms with E-state index >= 15 is 0 Å². The minimum atomic E-state index is -0.303. The lowest BCUT2D eigenvalue weighted by Crippen LogP contribution is -2.20. The molecule has 0 fully saturated rings. The largest absolute Gasteiger partial charge is 0.497 e. The molecule has 0 aliphatic rings. The Morgan fingerprint density at radius 1 is 0.970 bits per heavy atom. The van der Waals surface area contributed by atoms with E-state index in [1.807, 2.05) is 19.1 Å². The highest BCUT2D eigenvalue weighted by molar-refractivity contribution is 5.92. The van der Waals surface area contributed by atoms with Crippen LogP contribution in [0, 0.1) is 6.92 Å². The van der Waals surface area contributed by atoms with Crippen LogP contribution in [0.4, 0.5) is 5.69 Å². The molecule has 2 aromatic heterocycles. The average Bonchev–Trinajstić information content (AvgIpc) is 2.82. The molecule has 0 atom stereocenters. The fourth-order valence-corrected chi connectivity index (χ4v) is 3.17.